The number of hydrogen-bond acceptors (Lipinski definition) is 2. The summed E-state index contributed by atoms with van der Waals surface area (Å²) in [7, 11) is -1.72. The van der Waals surface area contributed by atoms with Gasteiger partial charge in [0.1, 0.15) is 5.75 Å². The highest BCUT2D eigenvalue weighted by Crippen LogP contribution is 2.37. The topological polar surface area (TPSA) is 21.3 Å². The number of benzene rings is 1. The Balaban J connectivity index is 1.90. The molecular weight excluding hydrogens is 262 g/mol. The van der Waals surface area contributed by atoms with Crippen LogP contribution in [0.1, 0.15) is 40.0 Å². The van der Waals surface area contributed by atoms with E-state index in [1.165, 1.54) is 24.9 Å². The molecule has 1 aromatic carbocycles. The van der Waals surface area contributed by atoms with Crippen LogP contribution >= 0.6 is 0 Å². The van der Waals surface area contributed by atoms with Crippen molar-refractivity contribution in [3.8, 4) is 5.75 Å². The minimum atomic E-state index is -1.72. The first-order chi connectivity index (χ1) is 9.28. The molecule has 0 atom stereocenters. The molecule has 0 spiro atoms. The van der Waals surface area contributed by atoms with Gasteiger partial charge >= 0.3 is 0 Å². The molecule has 3 heteroatoms. The molecule has 0 heterocycles. The van der Waals surface area contributed by atoms with Gasteiger partial charge in [-0.25, -0.2) is 0 Å². The summed E-state index contributed by atoms with van der Waals surface area (Å²) in [5.74, 6) is 1.89. The van der Waals surface area contributed by atoms with E-state index in [1.807, 2.05) is 0 Å². The molecule has 0 aromatic heterocycles. The van der Waals surface area contributed by atoms with Gasteiger partial charge in [0, 0.05) is 12.2 Å². The summed E-state index contributed by atoms with van der Waals surface area (Å²) in [5, 5.41) is 3.77. The molecule has 0 radical (unpaired) electrons. The zero-order chi connectivity index (χ0) is 14.8. The minimum absolute atomic E-state index is 0.244. The first kappa shape index (κ1) is 15.4. The lowest BCUT2D eigenvalue weighted by Gasteiger charge is -2.36. The van der Waals surface area contributed by atoms with E-state index in [2.05, 4.69) is 63.4 Å². The van der Waals surface area contributed by atoms with Gasteiger partial charge in [-0.15, -0.1) is 0 Å². The molecule has 1 fully saturated rings. The van der Waals surface area contributed by atoms with Crippen molar-refractivity contribution in [3.63, 3.8) is 0 Å². The van der Waals surface area contributed by atoms with Gasteiger partial charge in [-0.2, -0.15) is 0 Å². The van der Waals surface area contributed by atoms with Crippen molar-refractivity contribution in [1.29, 1.82) is 0 Å². The second-order valence-electron chi connectivity index (χ2n) is 7.56. The van der Waals surface area contributed by atoms with Crippen molar-refractivity contribution in [2.45, 2.75) is 58.2 Å². The Morgan fingerprint density at radius 1 is 1.15 bits per heavy atom. The lowest BCUT2D eigenvalue weighted by atomic mass is 9.85. The highest BCUT2D eigenvalue weighted by molar-refractivity contribution is 6.74. The number of hydrogen-bond donors (Lipinski definition) is 1. The van der Waals surface area contributed by atoms with Gasteiger partial charge in [-0.3, -0.25) is 0 Å². The second-order valence-corrected chi connectivity index (χ2v) is 12.3. The van der Waals surface area contributed by atoms with Crippen LogP contribution in [0.15, 0.2) is 24.3 Å². The molecule has 1 N–H and O–H groups in total. The third-order valence-corrected chi connectivity index (χ3v) is 9.21. The third kappa shape index (κ3) is 3.78. The Labute approximate surface area is 125 Å². The average molecular weight is 292 g/mol. The molecule has 2 rings (SSSR count). The zero-order valence-electron chi connectivity index (χ0n) is 13.6. The minimum Gasteiger partial charge on any atom is -0.544 e. The van der Waals surface area contributed by atoms with Crippen molar-refractivity contribution >= 4 is 14.0 Å². The molecule has 1 aromatic rings. The summed E-state index contributed by atoms with van der Waals surface area (Å²) in [6.45, 7) is 12.5. The van der Waals surface area contributed by atoms with E-state index >= 15 is 0 Å². The van der Waals surface area contributed by atoms with Gasteiger partial charge in [-0.1, -0.05) is 27.2 Å². The SMILES string of the molecule is CC(C)(C)[Si](C)(C)Oc1ccc(NCC2CCC2)cc1. The van der Waals surface area contributed by atoms with E-state index in [-0.39, 0.29) is 5.04 Å². The maximum absolute atomic E-state index is 6.29. The van der Waals surface area contributed by atoms with Crippen molar-refractivity contribution in [1.82, 2.24) is 0 Å². The molecule has 20 heavy (non-hydrogen) atoms. The second kappa shape index (κ2) is 5.80. The van der Waals surface area contributed by atoms with Crippen LogP contribution in [0.3, 0.4) is 0 Å². The van der Waals surface area contributed by atoms with E-state index < -0.39 is 8.32 Å². The van der Waals surface area contributed by atoms with Crippen molar-refractivity contribution in [2.24, 2.45) is 5.92 Å². The Kier molecular flexibility index (Phi) is 4.48. The van der Waals surface area contributed by atoms with Crippen molar-refractivity contribution in [2.75, 3.05) is 11.9 Å². The van der Waals surface area contributed by atoms with Gasteiger partial charge in [0.15, 0.2) is 0 Å². The molecule has 2 nitrogen and oxygen atoms in total. The molecule has 0 aliphatic heterocycles. The first-order valence-corrected chi connectivity index (χ1v) is 10.7. The highest BCUT2D eigenvalue weighted by atomic mass is 28.4. The van der Waals surface area contributed by atoms with E-state index in [1.54, 1.807) is 0 Å². The summed E-state index contributed by atoms with van der Waals surface area (Å²) in [6.07, 6.45) is 4.19. The van der Waals surface area contributed by atoms with E-state index in [0.717, 1.165) is 18.2 Å². The van der Waals surface area contributed by atoms with Crippen LogP contribution in [0.25, 0.3) is 0 Å². The summed E-state index contributed by atoms with van der Waals surface area (Å²) in [5.41, 5.74) is 1.21. The van der Waals surface area contributed by atoms with Crippen molar-refractivity contribution in [3.05, 3.63) is 24.3 Å². The predicted molar refractivity (Wildman–Crippen MR) is 90.1 cm³/mol. The maximum atomic E-state index is 6.29. The molecule has 1 aliphatic rings. The standard InChI is InChI=1S/C17H29NOSi/c1-17(2,3)20(4,5)19-16-11-9-15(10-12-16)18-13-14-7-6-8-14/h9-12,14,18H,6-8,13H2,1-5H3. The molecule has 1 saturated carbocycles. The fourth-order valence-corrected chi connectivity index (χ4v) is 3.08. The Hall–Kier alpha value is -0.963. The lowest BCUT2D eigenvalue weighted by molar-refractivity contribution is 0.333. The average Bonchev–Trinajstić information content (AvgIpc) is 2.27. The van der Waals surface area contributed by atoms with E-state index in [0.29, 0.717) is 0 Å². The first-order valence-electron chi connectivity index (χ1n) is 7.81. The number of nitrogens with one attached hydrogen (secondary N) is 1. The van der Waals surface area contributed by atoms with Crippen LogP contribution in [0.5, 0.6) is 5.75 Å². The van der Waals surface area contributed by atoms with Gasteiger partial charge in [0.2, 0.25) is 8.32 Å². The van der Waals surface area contributed by atoms with Gasteiger partial charge in [0.05, 0.1) is 0 Å². The lowest BCUT2D eigenvalue weighted by Crippen LogP contribution is -2.43. The predicted octanol–water partition coefficient (Wildman–Crippen LogP) is 5.28. The number of anilines is 1. The Bertz CT molecular complexity index is 429. The van der Waals surface area contributed by atoms with Crippen LogP contribution in [-0.4, -0.2) is 14.9 Å². The van der Waals surface area contributed by atoms with Crippen LogP contribution in [0, 0.1) is 5.92 Å². The maximum Gasteiger partial charge on any atom is 0.250 e. The van der Waals surface area contributed by atoms with Gasteiger partial charge in [-0.05, 0) is 61.2 Å². The fourth-order valence-electron chi connectivity index (χ4n) is 2.05. The Morgan fingerprint density at radius 3 is 2.20 bits per heavy atom. The van der Waals surface area contributed by atoms with Gasteiger partial charge in [0.25, 0.3) is 0 Å². The smallest absolute Gasteiger partial charge is 0.250 e. The van der Waals surface area contributed by atoms with Crippen LogP contribution in [0.4, 0.5) is 5.69 Å². The van der Waals surface area contributed by atoms with Crippen molar-refractivity contribution < 1.29 is 4.43 Å². The fraction of sp³-hybridized carbons (Fsp3) is 0.647. The van der Waals surface area contributed by atoms with E-state index in [9.17, 15) is 0 Å². The Morgan fingerprint density at radius 2 is 1.75 bits per heavy atom. The summed E-state index contributed by atoms with van der Waals surface area (Å²) in [6, 6.07) is 8.48. The third-order valence-electron chi connectivity index (χ3n) is 4.85. The molecule has 112 valence electrons. The molecule has 0 amide bonds. The summed E-state index contributed by atoms with van der Waals surface area (Å²) >= 11 is 0. The van der Waals surface area contributed by atoms with Crippen LogP contribution in [0.2, 0.25) is 18.1 Å². The molecule has 0 saturated heterocycles. The summed E-state index contributed by atoms with van der Waals surface area (Å²) in [4.78, 5) is 0. The summed E-state index contributed by atoms with van der Waals surface area (Å²) < 4.78 is 6.29. The number of rotatable bonds is 5. The molecule has 0 bridgehead atoms. The normalized spacial score (nSPS) is 16.6. The molecular formula is C17H29NOSi. The quantitative estimate of drug-likeness (QED) is 0.745. The highest BCUT2D eigenvalue weighted by Gasteiger charge is 2.38. The zero-order valence-corrected chi connectivity index (χ0v) is 14.6. The van der Waals surface area contributed by atoms with Gasteiger partial charge < -0.3 is 9.74 Å². The molecule has 1 aliphatic carbocycles. The molecule has 0 unspecified atom stereocenters. The van der Waals surface area contributed by atoms with Crippen LogP contribution in [-0.2, 0) is 0 Å². The largest absolute Gasteiger partial charge is 0.544 e. The van der Waals surface area contributed by atoms with Crippen LogP contribution < -0.4 is 9.74 Å². The van der Waals surface area contributed by atoms with E-state index in [4.69, 9.17) is 4.43 Å². The monoisotopic (exact) mass is 291 g/mol.